The maximum atomic E-state index is 12.6. The number of pyridine rings is 1. The molecule has 0 bridgehead atoms. The van der Waals surface area contributed by atoms with Crippen LogP contribution in [0.2, 0.25) is 0 Å². The van der Waals surface area contributed by atoms with Crippen LogP contribution in [0.5, 0.6) is 0 Å². The molecule has 2 aliphatic rings. The van der Waals surface area contributed by atoms with Crippen molar-refractivity contribution in [1.82, 2.24) is 19.9 Å². The van der Waals surface area contributed by atoms with Crippen LogP contribution in [0.4, 0.5) is 17.5 Å². The Kier molecular flexibility index (Phi) is 6.72. The average Bonchev–Trinajstić information content (AvgIpc) is 3.08. The smallest absolute Gasteiger partial charge is 0.275 e. The molecule has 178 valence electrons. The number of hydrogen-bond donors (Lipinski definition) is 2. The van der Waals surface area contributed by atoms with Crippen molar-refractivity contribution in [2.75, 3.05) is 37.0 Å². The maximum Gasteiger partial charge on any atom is 0.275 e. The number of aromatic nitrogens is 3. The first-order valence-corrected chi connectivity index (χ1v) is 11.1. The zero-order valence-electron chi connectivity index (χ0n) is 19.1. The number of methoxy groups -OCH3 is 1. The van der Waals surface area contributed by atoms with Crippen LogP contribution < -0.4 is 10.2 Å². The van der Waals surface area contributed by atoms with Gasteiger partial charge in [-0.3, -0.25) is 19.5 Å². The number of rotatable bonds is 6. The molecule has 0 radical (unpaired) electrons. The molecule has 2 aromatic rings. The van der Waals surface area contributed by atoms with E-state index in [1.807, 2.05) is 17.0 Å². The quantitative estimate of drug-likeness (QED) is 0.604. The molecule has 0 unspecified atom stereocenters. The predicted octanol–water partition coefficient (Wildman–Crippen LogP) is 1.35. The summed E-state index contributed by atoms with van der Waals surface area (Å²) >= 11 is 0. The highest BCUT2D eigenvalue weighted by Gasteiger charge is 2.50. The van der Waals surface area contributed by atoms with Gasteiger partial charge in [0.15, 0.2) is 0 Å². The molecule has 2 saturated heterocycles. The maximum absolute atomic E-state index is 12.6. The highest BCUT2D eigenvalue weighted by atomic mass is 16.5. The Morgan fingerprint density at radius 2 is 2.09 bits per heavy atom. The van der Waals surface area contributed by atoms with Crippen LogP contribution in [0.3, 0.4) is 0 Å². The summed E-state index contributed by atoms with van der Waals surface area (Å²) in [5, 5.41) is 22.5. The zero-order chi connectivity index (χ0) is 24.3. The molecule has 2 atom stereocenters. The van der Waals surface area contributed by atoms with Gasteiger partial charge < -0.3 is 20.1 Å². The monoisotopic (exact) mass is 465 g/mol. The van der Waals surface area contributed by atoms with Gasteiger partial charge >= 0.3 is 0 Å². The van der Waals surface area contributed by atoms with Gasteiger partial charge in [-0.1, -0.05) is 0 Å². The highest BCUT2D eigenvalue weighted by molar-refractivity contribution is 6.03. The van der Waals surface area contributed by atoms with Gasteiger partial charge in [-0.25, -0.2) is 4.98 Å². The van der Waals surface area contributed by atoms with Gasteiger partial charge in [0.2, 0.25) is 17.5 Å². The lowest BCUT2D eigenvalue weighted by molar-refractivity contribution is -0.136. The molecular weight excluding hydrogens is 438 g/mol. The van der Waals surface area contributed by atoms with Gasteiger partial charge in [-0.05, 0) is 38.0 Å². The van der Waals surface area contributed by atoms with Crippen molar-refractivity contribution in [3.8, 4) is 6.07 Å². The second kappa shape index (κ2) is 9.70. The van der Waals surface area contributed by atoms with Crippen molar-refractivity contribution in [3.63, 3.8) is 0 Å². The summed E-state index contributed by atoms with van der Waals surface area (Å²) < 4.78 is 4.93. The van der Waals surface area contributed by atoms with Crippen molar-refractivity contribution in [3.05, 3.63) is 36.3 Å². The third-order valence-electron chi connectivity index (χ3n) is 6.25. The Bertz CT molecular complexity index is 1100. The van der Waals surface area contributed by atoms with Crippen molar-refractivity contribution in [2.24, 2.45) is 0 Å². The summed E-state index contributed by atoms with van der Waals surface area (Å²) in [6.07, 6.45) is 4.91. The molecule has 0 aromatic carbocycles. The Morgan fingerprint density at radius 3 is 2.71 bits per heavy atom. The van der Waals surface area contributed by atoms with Gasteiger partial charge in [0.05, 0.1) is 11.9 Å². The normalized spacial score (nSPS) is 23.1. The van der Waals surface area contributed by atoms with Gasteiger partial charge in [-0.2, -0.15) is 10.2 Å². The molecule has 0 aliphatic carbocycles. The van der Waals surface area contributed by atoms with Crippen molar-refractivity contribution in [1.29, 1.82) is 5.26 Å². The van der Waals surface area contributed by atoms with E-state index in [1.165, 1.54) is 18.2 Å². The zero-order valence-corrected chi connectivity index (χ0v) is 19.1. The van der Waals surface area contributed by atoms with Crippen LogP contribution in [0.15, 0.2) is 30.6 Å². The molecular formula is C23H27N7O4. The van der Waals surface area contributed by atoms with E-state index >= 15 is 0 Å². The Hall–Kier alpha value is -3.62. The van der Waals surface area contributed by atoms with E-state index in [0.717, 1.165) is 18.5 Å². The third kappa shape index (κ3) is 4.69. The van der Waals surface area contributed by atoms with Crippen LogP contribution in [0.1, 0.15) is 37.8 Å². The molecule has 2 amide bonds. The first-order chi connectivity index (χ1) is 16.3. The minimum Gasteiger partial charge on any atom is -0.375 e. The van der Waals surface area contributed by atoms with Gasteiger partial charge in [0.1, 0.15) is 18.5 Å². The molecule has 2 aliphatic heterocycles. The summed E-state index contributed by atoms with van der Waals surface area (Å²) in [5.41, 5.74) is -0.389. The first kappa shape index (κ1) is 23.5. The fourth-order valence-electron chi connectivity index (χ4n) is 4.46. The van der Waals surface area contributed by atoms with Crippen molar-refractivity contribution >= 4 is 29.3 Å². The summed E-state index contributed by atoms with van der Waals surface area (Å²) in [5.74, 6) is 0.179. The Labute approximate surface area is 197 Å². The number of likely N-dealkylation sites (tertiary alicyclic amines) is 1. The van der Waals surface area contributed by atoms with E-state index in [1.54, 1.807) is 25.3 Å². The number of hydrogen-bond acceptors (Lipinski definition) is 9. The van der Waals surface area contributed by atoms with E-state index in [4.69, 9.17) is 4.74 Å². The summed E-state index contributed by atoms with van der Waals surface area (Å²) in [6.45, 7) is 3.23. The summed E-state index contributed by atoms with van der Waals surface area (Å²) in [7, 11) is 1.52. The van der Waals surface area contributed by atoms with Crippen LogP contribution in [-0.2, 0) is 14.3 Å². The average molecular weight is 466 g/mol. The third-order valence-corrected chi connectivity index (χ3v) is 6.25. The number of amides is 2. The first-order valence-electron chi connectivity index (χ1n) is 11.1. The van der Waals surface area contributed by atoms with E-state index in [2.05, 4.69) is 20.3 Å². The lowest BCUT2D eigenvalue weighted by atomic mass is 9.93. The number of carbonyl (C=O) groups excluding carboxylic acids is 2. The molecule has 4 heterocycles. The van der Waals surface area contributed by atoms with Crippen LogP contribution in [0.25, 0.3) is 0 Å². The van der Waals surface area contributed by atoms with Gasteiger partial charge in [0, 0.05) is 50.5 Å². The summed E-state index contributed by atoms with van der Waals surface area (Å²) in [6, 6.07) is 6.71. The van der Waals surface area contributed by atoms with Crippen LogP contribution in [-0.4, -0.2) is 75.2 Å². The minimum absolute atomic E-state index is 0.0120. The Balaban J connectivity index is 1.40. The number of anilines is 3. The van der Waals surface area contributed by atoms with Crippen molar-refractivity contribution in [2.45, 2.75) is 43.7 Å². The fraction of sp³-hybridized carbons (Fsp3) is 0.478. The molecule has 0 spiro atoms. The second-order valence-electron chi connectivity index (χ2n) is 8.62. The number of carbonyl (C=O) groups is 2. The van der Waals surface area contributed by atoms with E-state index in [9.17, 15) is 20.0 Å². The topological polar surface area (TPSA) is 145 Å². The number of ether oxygens (including phenoxy) is 1. The molecule has 2 aromatic heterocycles. The lowest BCUT2D eigenvalue weighted by Crippen LogP contribution is -2.40. The molecule has 34 heavy (non-hydrogen) atoms. The second-order valence-corrected chi connectivity index (χ2v) is 8.62. The number of nitriles is 1. The van der Waals surface area contributed by atoms with Crippen molar-refractivity contribution < 1.29 is 19.4 Å². The van der Waals surface area contributed by atoms with Crippen LogP contribution >= 0.6 is 0 Å². The van der Waals surface area contributed by atoms with Crippen LogP contribution in [0, 0.1) is 11.3 Å². The molecule has 0 saturated carbocycles. The standard InChI is InChI=1S/C23H27N7O4/c1-15-11-23(33,14-24)21(32)30(15)19-5-8-25-22(28-19)27-17-3-4-18(26-12-17)16-6-9-29(10-7-16)20(31)13-34-2/h3-5,8,12,15-16,33H,6-7,9-11,13H2,1-2H3,(H,25,27,28)/t15-,23+/m1/s1. The van der Waals surface area contributed by atoms with E-state index in [-0.39, 0.29) is 36.8 Å². The SMILES string of the molecule is COCC(=O)N1CCC(c2ccc(Nc3nccc(N4C(=O)[C@@](O)(C#N)C[C@H]4C)n3)cn2)CC1. The largest absolute Gasteiger partial charge is 0.375 e. The lowest BCUT2D eigenvalue weighted by Gasteiger charge is -2.31. The minimum atomic E-state index is -2.04. The fourth-order valence-corrected chi connectivity index (χ4v) is 4.46. The molecule has 11 nitrogen and oxygen atoms in total. The Morgan fingerprint density at radius 1 is 1.32 bits per heavy atom. The van der Waals surface area contributed by atoms with E-state index in [0.29, 0.717) is 24.6 Å². The number of aliphatic hydroxyl groups is 1. The number of nitrogens with zero attached hydrogens (tertiary/aromatic N) is 6. The molecule has 2 N–H and O–H groups in total. The highest BCUT2D eigenvalue weighted by Crippen LogP contribution is 2.32. The molecule has 4 rings (SSSR count). The molecule has 11 heteroatoms. The number of nitrogens with one attached hydrogen (secondary N) is 1. The predicted molar refractivity (Wildman–Crippen MR) is 122 cm³/mol. The van der Waals surface area contributed by atoms with Gasteiger partial charge in [-0.15, -0.1) is 0 Å². The molecule has 2 fully saturated rings. The number of piperidine rings is 1. The summed E-state index contributed by atoms with van der Waals surface area (Å²) in [4.78, 5) is 40.8. The van der Waals surface area contributed by atoms with Gasteiger partial charge in [0.25, 0.3) is 5.91 Å². The van der Waals surface area contributed by atoms with E-state index < -0.39 is 11.5 Å².